The van der Waals surface area contributed by atoms with Gasteiger partial charge in [0, 0.05) is 0 Å². The first-order chi connectivity index (χ1) is 3.91. The highest BCUT2D eigenvalue weighted by atomic mass is 31.0. The molecule has 0 fully saturated rings. The lowest BCUT2D eigenvalue weighted by Crippen LogP contribution is -1.67. The lowest BCUT2D eigenvalue weighted by Gasteiger charge is -1.74. The summed E-state index contributed by atoms with van der Waals surface area (Å²) < 4.78 is 0. The number of aliphatic hydroxyl groups excluding tert-OH is 1. The van der Waals surface area contributed by atoms with E-state index in [9.17, 15) is 0 Å². The average molecular weight is 130 g/mol. The van der Waals surface area contributed by atoms with E-state index in [4.69, 9.17) is 5.11 Å². The Labute approximate surface area is 52.3 Å². The third kappa shape index (κ3) is 5.87. The summed E-state index contributed by atoms with van der Waals surface area (Å²) in [5.41, 5.74) is 0. The average Bonchev–Trinajstić information content (AvgIpc) is 1.81. The van der Waals surface area contributed by atoms with E-state index in [1.54, 1.807) is 6.08 Å². The quantitative estimate of drug-likeness (QED) is 0.445. The van der Waals surface area contributed by atoms with Crippen LogP contribution in [-0.2, 0) is 0 Å². The molecular formula is C6H11OP. The predicted molar refractivity (Wildman–Crippen MR) is 39.9 cm³/mol. The van der Waals surface area contributed by atoms with Crippen molar-refractivity contribution in [1.82, 2.24) is 0 Å². The van der Waals surface area contributed by atoms with E-state index >= 15 is 0 Å². The Hall–Kier alpha value is -0.130. The lowest BCUT2D eigenvalue weighted by atomic mass is 10.4. The Morgan fingerprint density at radius 1 is 1.25 bits per heavy atom. The van der Waals surface area contributed by atoms with Gasteiger partial charge in [-0.25, -0.2) is 0 Å². The molecule has 2 heteroatoms. The number of rotatable bonds is 3. The first-order valence-corrected chi connectivity index (χ1v) is 3.36. The maximum absolute atomic E-state index is 8.24. The fourth-order valence-electron chi connectivity index (χ4n) is 0.297. The van der Waals surface area contributed by atoms with Gasteiger partial charge in [-0.15, -0.1) is 9.24 Å². The molecule has 0 aliphatic rings. The summed E-state index contributed by atoms with van der Waals surface area (Å²) in [7, 11) is 2.58. The molecule has 1 unspecified atom stereocenters. The van der Waals surface area contributed by atoms with Crippen molar-refractivity contribution < 1.29 is 5.11 Å². The van der Waals surface area contributed by atoms with Gasteiger partial charge in [-0.1, -0.05) is 24.3 Å². The molecule has 0 spiro atoms. The molecule has 0 amide bonds. The number of hydrogen-bond donors (Lipinski definition) is 1. The van der Waals surface area contributed by atoms with Crippen LogP contribution in [0.2, 0.25) is 0 Å². The minimum atomic E-state index is 0.126. The maximum atomic E-state index is 8.24. The first kappa shape index (κ1) is 7.87. The van der Waals surface area contributed by atoms with Gasteiger partial charge in [0.05, 0.1) is 6.61 Å². The molecule has 0 aromatic heterocycles. The van der Waals surface area contributed by atoms with Crippen LogP contribution in [0.25, 0.3) is 0 Å². The Morgan fingerprint density at radius 3 is 2.38 bits per heavy atom. The molecule has 1 nitrogen and oxygen atoms in total. The minimum Gasteiger partial charge on any atom is -0.392 e. The Balaban J connectivity index is 3.13. The monoisotopic (exact) mass is 130 g/mol. The molecule has 0 aliphatic heterocycles. The van der Waals surface area contributed by atoms with Crippen LogP contribution in [0.3, 0.4) is 0 Å². The Morgan fingerprint density at radius 2 is 1.88 bits per heavy atom. The molecular weight excluding hydrogens is 119 g/mol. The molecule has 1 N–H and O–H groups in total. The topological polar surface area (TPSA) is 20.2 Å². The standard InChI is InChI=1S/C6H11OP/c7-5-3-1-2-4-6-8/h1-4,7H,5-6,8H2/b3-1+,4-2+. The van der Waals surface area contributed by atoms with Crippen LogP contribution in [0.5, 0.6) is 0 Å². The summed E-state index contributed by atoms with van der Waals surface area (Å²) in [5.74, 6) is 0. The Kier molecular flexibility index (Phi) is 6.76. The smallest absolute Gasteiger partial charge is 0.0615 e. The van der Waals surface area contributed by atoms with Gasteiger partial charge in [0.25, 0.3) is 0 Å². The summed E-state index contributed by atoms with van der Waals surface area (Å²) in [4.78, 5) is 0. The third-order valence-electron chi connectivity index (χ3n) is 0.625. The molecule has 46 valence electrons. The molecule has 0 saturated carbocycles. The van der Waals surface area contributed by atoms with Crippen molar-refractivity contribution in [3.8, 4) is 0 Å². The largest absolute Gasteiger partial charge is 0.392 e. The SMILES string of the molecule is OC/C=C/C=C/CP. The van der Waals surface area contributed by atoms with E-state index in [1.807, 2.05) is 18.2 Å². The summed E-state index contributed by atoms with van der Waals surface area (Å²) in [6, 6.07) is 0. The number of allylic oxidation sites excluding steroid dienone is 3. The molecule has 0 radical (unpaired) electrons. The van der Waals surface area contributed by atoms with E-state index in [0.717, 1.165) is 6.16 Å². The molecule has 0 heterocycles. The molecule has 0 aliphatic carbocycles. The number of aliphatic hydroxyl groups is 1. The summed E-state index contributed by atoms with van der Waals surface area (Å²) >= 11 is 0. The van der Waals surface area contributed by atoms with Gasteiger partial charge in [0.15, 0.2) is 0 Å². The summed E-state index contributed by atoms with van der Waals surface area (Å²) in [5, 5.41) is 8.24. The molecule has 8 heavy (non-hydrogen) atoms. The maximum Gasteiger partial charge on any atom is 0.0615 e. The molecule has 0 rings (SSSR count). The Bertz CT molecular complexity index is 74.5. The molecule has 1 atom stereocenters. The molecule has 0 saturated heterocycles. The highest BCUT2D eigenvalue weighted by Crippen LogP contribution is 1.82. The second-order valence-electron chi connectivity index (χ2n) is 1.27. The van der Waals surface area contributed by atoms with Crippen molar-refractivity contribution >= 4 is 9.24 Å². The van der Waals surface area contributed by atoms with Gasteiger partial charge >= 0.3 is 0 Å². The normalized spacial score (nSPS) is 11.8. The van der Waals surface area contributed by atoms with E-state index in [2.05, 4.69) is 9.24 Å². The van der Waals surface area contributed by atoms with Gasteiger partial charge in [-0.2, -0.15) is 0 Å². The first-order valence-electron chi connectivity index (χ1n) is 2.54. The zero-order valence-corrected chi connectivity index (χ0v) is 5.90. The van der Waals surface area contributed by atoms with E-state index in [1.165, 1.54) is 0 Å². The summed E-state index contributed by atoms with van der Waals surface area (Å²) in [6.45, 7) is 0.126. The third-order valence-corrected chi connectivity index (χ3v) is 0.897. The van der Waals surface area contributed by atoms with Crippen molar-refractivity contribution in [2.75, 3.05) is 12.8 Å². The highest BCUT2D eigenvalue weighted by Gasteiger charge is 1.62. The second-order valence-corrected chi connectivity index (χ2v) is 1.75. The van der Waals surface area contributed by atoms with E-state index < -0.39 is 0 Å². The van der Waals surface area contributed by atoms with Gasteiger partial charge in [-0.3, -0.25) is 0 Å². The fraction of sp³-hybridized carbons (Fsp3) is 0.333. The van der Waals surface area contributed by atoms with E-state index in [0.29, 0.717) is 0 Å². The number of hydrogen-bond acceptors (Lipinski definition) is 1. The van der Waals surface area contributed by atoms with Crippen molar-refractivity contribution in [3.63, 3.8) is 0 Å². The molecule has 0 bridgehead atoms. The highest BCUT2D eigenvalue weighted by molar-refractivity contribution is 7.16. The lowest BCUT2D eigenvalue weighted by molar-refractivity contribution is 0.343. The van der Waals surface area contributed by atoms with Crippen molar-refractivity contribution in [2.24, 2.45) is 0 Å². The van der Waals surface area contributed by atoms with Crippen molar-refractivity contribution in [2.45, 2.75) is 0 Å². The van der Waals surface area contributed by atoms with Crippen LogP contribution in [0, 0.1) is 0 Å². The van der Waals surface area contributed by atoms with Crippen molar-refractivity contribution in [1.29, 1.82) is 0 Å². The summed E-state index contributed by atoms with van der Waals surface area (Å²) in [6.07, 6.45) is 8.39. The zero-order valence-electron chi connectivity index (χ0n) is 4.75. The van der Waals surface area contributed by atoms with Gasteiger partial charge in [0.1, 0.15) is 0 Å². The van der Waals surface area contributed by atoms with Crippen LogP contribution in [0.1, 0.15) is 0 Å². The van der Waals surface area contributed by atoms with Gasteiger partial charge in [0.2, 0.25) is 0 Å². The van der Waals surface area contributed by atoms with Crippen LogP contribution in [0.15, 0.2) is 24.3 Å². The fourth-order valence-corrected chi connectivity index (χ4v) is 0.454. The van der Waals surface area contributed by atoms with Gasteiger partial charge < -0.3 is 5.11 Å². The van der Waals surface area contributed by atoms with E-state index in [-0.39, 0.29) is 6.61 Å². The zero-order chi connectivity index (χ0) is 6.24. The van der Waals surface area contributed by atoms with Crippen LogP contribution in [-0.4, -0.2) is 17.9 Å². The molecule has 0 aromatic carbocycles. The van der Waals surface area contributed by atoms with Gasteiger partial charge in [-0.05, 0) is 6.16 Å². The van der Waals surface area contributed by atoms with Crippen LogP contribution >= 0.6 is 9.24 Å². The van der Waals surface area contributed by atoms with Crippen LogP contribution < -0.4 is 0 Å². The molecule has 0 aromatic rings. The van der Waals surface area contributed by atoms with Crippen molar-refractivity contribution in [3.05, 3.63) is 24.3 Å². The second kappa shape index (κ2) is 6.87. The van der Waals surface area contributed by atoms with Crippen LogP contribution in [0.4, 0.5) is 0 Å². The predicted octanol–water partition coefficient (Wildman–Crippen LogP) is 0.966. The minimum absolute atomic E-state index is 0.126.